The van der Waals surface area contributed by atoms with Gasteiger partial charge in [0.15, 0.2) is 0 Å². The molecule has 0 spiro atoms. The van der Waals surface area contributed by atoms with Crippen LogP contribution in [-0.2, 0) is 23.2 Å². The monoisotopic (exact) mass is 706 g/mol. The molecule has 4 aromatic carbocycles. The van der Waals surface area contributed by atoms with Crippen LogP contribution < -0.4 is 24.8 Å². The Hall–Kier alpha value is -2.18. The second kappa shape index (κ2) is 14.7. The average Bonchev–Trinajstić information content (AvgIpc) is 3.65. The predicted octanol–water partition coefficient (Wildman–Crippen LogP) is 5.85. The number of hydrogen-bond donors (Lipinski definition) is 0. The Kier molecular flexibility index (Phi) is 10.7. The van der Waals surface area contributed by atoms with Crippen molar-refractivity contribution in [2.24, 2.45) is 11.8 Å². The van der Waals surface area contributed by atoms with Crippen LogP contribution in [0.5, 0.6) is 0 Å². The van der Waals surface area contributed by atoms with Gasteiger partial charge in [0.25, 0.3) is 0 Å². The fourth-order valence-electron chi connectivity index (χ4n) is 8.71. The molecule has 0 N–H and O–H groups in total. The van der Waals surface area contributed by atoms with Gasteiger partial charge in [0, 0.05) is 0 Å². The molecule has 2 unspecified atom stereocenters. The van der Waals surface area contributed by atoms with Crippen LogP contribution in [0.15, 0.2) is 108 Å². The van der Waals surface area contributed by atoms with Gasteiger partial charge in [-0.25, -0.2) is 0 Å². The molecule has 3 heteroatoms. The molecule has 0 heterocycles. The normalized spacial score (nSPS) is 21.0. The zero-order valence-electron chi connectivity index (χ0n) is 26.0. The third kappa shape index (κ3) is 6.40. The average molecular weight is 709 g/mol. The molecule has 4 aliphatic rings. The third-order valence-corrected chi connectivity index (χ3v) is 15.7. The predicted molar refractivity (Wildman–Crippen MR) is 178 cm³/mol. The Labute approximate surface area is 294 Å². The topological polar surface area (TPSA) is 0 Å². The van der Waals surface area contributed by atoms with E-state index in [1.54, 1.807) is 22.3 Å². The molecule has 4 aromatic rings. The minimum atomic E-state index is -0.964. The summed E-state index contributed by atoms with van der Waals surface area (Å²) in [5, 5.41) is 0. The molecule has 0 bridgehead atoms. The van der Waals surface area contributed by atoms with Gasteiger partial charge in [-0.15, -0.1) is 0 Å². The van der Waals surface area contributed by atoms with E-state index in [1.165, 1.54) is 86.5 Å². The second-order valence-electron chi connectivity index (χ2n) is 13.3. The molecule has 4 aliphatic carbocycles. The van der Waals surface area contributed by atoms with E-state index >= 15 is 0 Å². The molecule has 8 rings (SSSR count). The molecule has 0 amide bonds. The van der Waals surface area contributed by atoms with Gasteiger partial charge in [0.2, 0.25) is 0 Å². The summed E-state index contributed by atoms with van der Waals surface area (Å²) in [7, 11) is 0. The molecule has 0 aliphatic heterocycles. The summed E-state index contributed by atoms with van der Waals surface area (Å²) in [5.41, 5.74) is 15.6. The fraction of sp³-hybridized carbons (Fsp3) is 0.333. The summed E-state index contributed by atoms with van der Waals surface area (Å²) in [6.07, 6.45) is 19.4. The van der Waals surface area contributed by atoms with Crippen molar-refractivity contribution in [2.45, 2.75) is 71.5 Å². The molecule has 228 valence electrons. The van der Waals surface area contributed by atoms with Crippen molar-refractivity contribution in [1.29, 1.82) is 0 Å². The smallest absolute Gasteiger partial charge is 1.00 e. The van der Waals surface area contributed by atoms with E-state index < -0.39 is 23.2 Å². The maximum absolute atomic E-state index is 2.71. The Morgan fingerprint density at radius 2 is 0.822 bits per heavy atom. The molecule has 45 heavy (non-hydrogen) atoms. The van der Waals surface area contributed by atoms with Crippen LogP contribution in [0.25, 0.3) is 34.4 Å². The molecule has 0 saturated heterocycles. The molecule has 2 fully saturated rings. The first kappa shape index (κ1) is 32.8. The van der Waals surface area contributed by atoms with E-state index in [0.717, 1.165) is 11.8 Å². The Bertz CT molecular complexity index is 1530. The van der Waals surface area contributed by atoms with Crippen molar-refractivity contribution in [3.8, 4) is 22.3 Å². The van der Waals surface area contributed by atoms with E-state index in [-0.39, 0.29) is 24.8 Å². The minimum absolute atomic E-state index is 0. The van der Waals surface area contributed by atoms with Gasteiger partial charge in [-0.05, 0) is 0 Å². The van der Waals surface area contributed by atoms with Crippen LogP contribution in [-0.4, -0.2) is 0 Å². The van der Waals surface area contributed by atoms with Crippen LogP contribution in [0.4, 0.5) is 0 Å². The standard InChI is InChI=1S/2C21H21.2ClH.Zr/c2*1-3-8-16(9-4-1)19-14-18-12-7-13-20(21(18)15-19)17-10-5-2-6-11-17;;;/h2*2,5-7,10-16H,1,3-4,8-9H2;2*1H;/q;;;;+2/p-2. The first-order valence-corrected chi connectivity index (χ1v) is 19.7. The van der Waals surface area contributed by atoms with Gasteiger partial charge in [0.05, 0.1) is 0 Å². The molecule has 2 saturated carbocycles. The van der Waals surface area contributed by atoms with E-state index in [4.69, 9.17) is 0 Å². The van der Waals surface area contributed by atoms with E-state index in [0.29, 0.717) is 7.25 Å². The van der Waals surface area contributed by atoms with E-state index in [1.807, 2.05) is 11.1 Å². The zero-order valence-corrected chi connectivity index (χ0v) is 30.0. The Balaban J connectivity index is 0.00000179. The summed E-state index contributed by atoms with van der Waals surface area (Å²) in [5.74, 6) is 1.55. The SMILES string of the molecule is C1=C(C2CCCCC2)[CH]([Zr+2][CH]2C(C3CCCCC3)=Cc3c(-c4ccccc4)cccc32)c2cccc(-c3ccccc3)c21.[Cl-].[Cl-]. The summed E-state index contributed by atoms with van der Waals surface area (Å²) in [6, 6.07) is 36.8. The first-order valence-electron chi connectivity index (χ1n) is 16.9. The van der Waals surface area contributed by atoms with Crippen molar-refractivity contribution >= 4 is 12.2 Å². The summed E-state index contributed by atoms with van der Waals surface area (Å²) in [6.45, 7) is 0. The summed E-state index contributed by atoms with van der Waals surface area (Å²) >= 11 is -0.964. The second-order valence-corrected chi connectivity index (χ2v) is 17.0. The quantitative estimate of drug-likeness (QED) is 0.236. The van der Waals surface area contributed by atoms with Crippen LogP contribution in [0, 0.1) is 11.8 Å². The minimum Gasteiger partial charge on any atom is -1.00 e. The summed E-state index contributed by atoms with van der Waals surface area (Å²) in [4.78, 5) is 0. The number of allylic oxidation sites excluding steroid dienone is 2. The molecule has 2 atom stereocenters. The van der Waals surface area contributed by atoms with E-state index in [2.05, 4.69) is 109 Å². The van der Waals surface area contributed by atoms with Crippen molar-refractivity contribution in [2.75, 3.05) is 0 Å². The maximum Gasteiger partial charge on any atom is -1.00 e. The van der Waals surface area contributed by atoms with Gasteiger partial charge in [-0.1, -0.05) is 0 Å². The summed E-state index contributed by atoms with van der Waals surface area (Å²) < 4.78 is 1.35. The zero-order chi connectivity index (χ0) is 28.6. The number of rotatable bonds is 6. The molecule has 0 nitrogen and oxygen atoms in total. The van der Waals surface area contributed by atoms with Gasteiger partial charge >= 0.3 is 271 Å². The van der Waals surface area contributed by atoms with Gasteiger partial charge < -0.3 is 24.8 Å². The van der Waals surface area contributed by atoms with Crippen molar-refractivity contribution in [3.63, 3.8) is 0 Å². The molecular weight excluding hydrogens is 667 g/mol. The number of benzene rings is 4. The first-order chi connectivity index (χ1) is 21.3. The number of fused-ring (bicyclic) bond motifs is 2. The van der Waals surface area contributed by atoms with Crippen molar-refractivity contribution < 1.29 is 48.0 Å². The van der Waals surface area contributed by atoms with Crippen molar-refractivity contribution in [3.05, 3.63) is 130 Å². The Morgan fingerprint density at radius 1 is 0.422 bits per heavy atom. The van der Waals surface area contributed by atoms with Gasteiger partial charge in [-0.2, -0.15) is 0 Å². The van der Waals surface area contributed by atoms with E-state index in [9.17, 15) is 0 Å². The molecule has 0 radical (unpaired) electrons. The number of hydrogen-bond acceptors (Lipinski definition) is 0. The van der Waals surface area contributed by atoms with Crippen molar-refractivity contribution in [1.82, 2.24) is 0 Å². The fourth-order valence-corrected chi connectivity index (χ4v) is 14.2. The van der Waals surface area contributed by atoms with Crippen LogP contribution in [0.2, 0.25) is 0 Å². The molecular formula is C42H42Cl2Zr. The Morgan fingerprint density at radius 3 is 1.22 bits per heavy atom. The third-order valence-electron chi connectivity index (χ3n) is 10.8. The molecule has 0 aromatic heterocycles. The van der Waals surface area contributed by atoms with Crippen LogP contribution in [0.1, 0.15) is 93.7 Å². The van der Waals surface area contributed by atoms with Gasteiger partial charge in [0.1, 0.15) is 0 Å². The largest absolute Gasteiger partial charge is 1.00 e. The van der Waals surface area contributed by atoms with Crippen LogP contribution in [0.3, 0.4) is 0 Å². The van der Waals surface area contributed by atoms with Gasteiger partial charge in [-0.3, -0.25) is 0 Å². The maximum atomic E-state index is 2.71. The van der Waals surface area contributed by atoms with Crippen LogP contribution >= 0.6 is 0 Å². The number of halogens is 2.